The van der Waals surface area contributed by atoms with Crippen LogP contribution in [0.5, 0.6) is 0 Å². The van der Waals surface area contributed by atoms with Crippen LogP contribution in [0.25, 0.3) is 0 Å². The molecule has 0 saturated heterocycles. The molecule has 1 aromatic rings. The van der Waals surface area contributed by atoms with Gasteiger partial charge >= 0.3 is 5.97 Å². The predicted molar refractivity (Wildman–Crippen MR) is 47.4 cm³/mol. The lowest BCUT2D eigenvalue weighted by Gasteiger charge is -1.93. The van der Waals surface area contributed by atoms with E-state index in [1.807, 2.05) is 22.6 Å². The van der Waals surface area contributed by atoms with E-state index in [9.17, 15) is 4.79 Å². The molecular formula is C6H7IN2O2. The van der Waals surface area contributed by atoms with Crippen LogP contribution in [-0.2, 0) is 4.74 Å². The number of nitrogens with one attached hydrogen (secondary N) is 1. The average molecular weight is 266 g/mol. The highest BCUT2D eigenvalue weighted by Crippen LogP contribution is 2.07. The maximum absolute atomic E-state index is 10.9. The zero-order valence-corrected chi connectivity index (χ0v) is 8.30. The maximum atomic E-state index is 10.9. The molecule has 0 fully saturated rings. The molecule has 0 radical (unpaired) electrons. The number of aromatic nitrogens is 2. The van der Waals surface area contributed by atoms with Crippen molar-refractivity contribution in [2.45, 2.75) is 6.92 Å². The van der Waals surface area contributed by atoms with Crippen molar-refractivity contribution in [2.24, 2.45) is 0 Å². The Balaban J connectivity index is 3.03. The van der Waals surface area contributed by atoms with Crippen LogP contribution in [-0.4, -0.2) is 23.0 Å². The molecule has 1 aromatic heterocycles. The normalized spacial score (nSPS) is 9.73. The van der Waals surface area contributed by atoms with Gasteiger partial charge < -0.3 is 9.72 Å². The van der Waals surface area contributed by atoms with Gasteiger partial charge in [0.2, 0.25) is 0 Å². The minimum absolute atomic E-state index is 0.358. The highest BCUT2D eigenvalue weighted by atomic mass is 127. The van der Waals surface area contributed by atoms with Gasteiger partial charge in [0.1, 0.15) is 0 Å². The molecule has 0 spiro atoms. The Hall–Kier alpha value is -0.590. The van der Waals surface area contributed by atoms with Crippen LogP contribution < -0.4 is 0 Å². The molecule has 0 atom stereocenters. The molecular weight excluding hydrogens is 259 g/mol. The topological polar surface area (TPSA) is 55.0 Å². The van der Waals surface area contributed by atoms with E-state index in [0.29, 0.717) is 9.53 Å². The number of rotatable bonds is 1. The second-order valence-corrected chi connectivity index (χ2v) is 3.01. The Morgan fingerprint density at radius 2 is 2.36 bits per heavy atom. The van der Waals surface area contributed by atoms with E-state index < -0.39 is 5.97 Å². The number of aromatic amines is 1. The number of H-pyrrole nitrogens is 1. The summed E-state index contributed by atoms with van der Waals surface area (Å²) in [5, 5.41) is 0. The molecule has 4 nitrogen and oxygen atoms in total. The van der Waals surface area contributed by atoms with Crippen molar-refractivity contribution in [3.63, 3.8) is 0 Å². The zero-order chi connectivity index (χ0) is 8.43. The number of aryl methyl sites for hydroxylation is 1. The summed E-state index contributed by atoms with van der Waals surface area (Å²) >= 11 is 2.00. The first kappa shape index (κ1) is 8.51. The zero-order valence-electron chi connectivity index (χ0n) is 6.14. The van der Waals surface area contributed by atoms with Crippen molar-refractivity contribution in [1.29, 1.82) is 0 Å². The lowest BCUT2D eigenvalue weighted by atomic mass is 10.3. The summed E-state index contributed by atoms with van der Waals surface area (Å²) in [6, 6.07) is 0. The lowest BCUT2D eigenvalue weighted by molar-refractivity contribution is 0.0593. The Morgan fingerprint density at radius 3 is 2.73 bits per heavy atom. The second kappa shape index (κ2) is 3.21. The SMILES string of the molecule is COC(=O)c1nc(I)[nH]c1C. The third-order valence-corrected chi connectivity index (χ3v) is 1.75. The number of halogens is 1. The summed E-state index contributed by atoms with van der Waals surface area (Å²) in [6.45, 7) is 1.78. The number of methoxy groups -OCH3 is 1. The minimum atomic E-state index is -0.401. The summed E-state index contributed by atoms with van der Waals surface area (Å²) in [5.41, 5.74) is 1.10. The summed E-state index contributed by atoms with van der Waals surface area (Å²) in [6.07, 6.45) is 0. The molecule has 11 heavy (non-hydrogen) atoms. The lowest BCUT2D eigenvalue weighted by Crippen LogP contribution is -2.03. The van der Waals surface area contributed by atoms with Crippen LogP contribution in [0.2, 0.25) is 0 Å². The highest BCUT2D eigenvalue weighted by molar-refractivity contribution is 14.1. The molecule has 0 aliphatic carbocycles. The van der Waals surface area contributed by atoms with Gasteiger partial charge in [-0.1, -0.05) is 0 Å². The molecule has 5 heteroatoms. The van der Waals surface area contributed by atoms with E-state index in [4.69, 9.17) is 0 Å². The quantitative estimate of drug-likeness (QED) is 0.612. The number of esters is 1. The molecule has 1 N–H and O–H groups in total. The third kappa shape index (κ3) is 1.70. The summed E-state index contributed by atoms with van der Waals surface area (Å²) < 4.78 is 5.20. The maximum Gasteiger partial charge on any atom is 0.358 e. The van der Waals surface area contributed by atoms with Gasteiger partial charge in [0.25, 0.3) is 0 Å². The monoisotopic (exact) mass is 266 g/mol. The highest BCUT2D eigenvalue weighted by Gasteiger charge is 2.13. The molecule has 0 saturated carbocycles. The Labute approximate surface area is 77.5 Å². The van der Waals surface area contributed by atoms with E-state index in [-0.39, 0.29) is 0 Å². The van der Waals surface area contributed by atoms with E-state index in [1.165, 1.54) is 7.11 Å². The fraction of sp³-hybridized carbons (Fsp3) is 0.333. The van der Waals surface area contributed by atoms with Gasteiger partial charge in [-0.25, -0.2) is 9.78 Å². The van der Waals surface area contributed by atoms with Crippen LogP contribution in [0.4, 0.5) is 0 Å². The molecule has 60 valence electrons. The summed E-state index contributed by atoms with van der Waals surface area (Å²) in [4.78, 5) is 17.8. The van der Waals surface area contributed by atoms with Crippen LogP contribution in [0, 0.1) is 10.8 Å². The number of carbonyl (C=O) groups is 1. The number of imidazole rings is 1. The first-order chi connectivity index (χ1) is 5.15. The number of nitrogens with zero attached hydrogens (tertiary/aromatic N) is 1. The minimum Gasteiger partial charge on any atom is -0.464 e. The van der Waals surface area contributed by atoms with Gasteiger partial charge in [-0.2, -0.15) is 0 Å². The summed E-state index contributed by atoms with van der Waals surface area (Å²) in [5.74, 6) is -0.401. The van der Waals surface area contributed by atoms with Crippen molar-refractivity contribution in [1.82, 2.24) is 9.97 Å². The second-order valence-electron chi connectivity index (χ2n) is 1.99. The number of hydrogen-bond acceptors (Lipinski definition) is 3. The van der Waals surface area contributed by atoms with Gasteiger partial charge in [-0.3, -0.25) is 0 Å². The van der Waals surface area contributed by atoms with Crippen molar-refractivity contribution in [2.75, 3.05) is 7.11 Å². The molecule has 0 aliphatic rings. The van der Waals surface area contributed by atoms with Crippen LogP contribution >= 0.6 is 22.6 Å². The molecule has 0 aliphatic heterocycles. The van der Waals surface area contributed by atoms with Crippen molar-refractivity contribution >= 4 is 28.6 Å². The molecule has 1 heterocycles. The first-order valence-electron chi connectivity index (χ1n) is 2.95. The van der Waals surface area contributed by atoms with Crippen LogP contribution in [0.3, 0.4) is 0 Å². The number of hydrogen-bond donors (Lipinski definition) is 1. The predicted octanol–water partition coefficient (Wildman–Crippen LogP) is 1.11. The van der Waals surface area contributed by atoms with Gasteiger partial charge in [-0.05, 0) is 29.5 Å². The number of carbonyl (C=O) groups excluding carboxylic acids is 1. The molecule has 0 aromatic carbocycles. The third-order valence-electron chi connectivity index (χ3n) is 1.23. The molecule has 0 bridgehead atoms. The fourth-order valence-electron chi connectivity index (χ4n) is 0.719. The largest absolute Gasteiger partial charge is 0.464 e. The Bertz CT molecular complexity index is 282. The molecule has 0 amide bonds. The Morgan fingerprint density at radius 1 is 1.73 bits per heavy atom. The Kier molecular flexibility index (Phi) is 2.48. The van der Waals surface area contributed by atoms with E-state index in [2.05, 4.69) is 14.7 Å². The van der Waals surface area contributed by atoms with E-state index in [1.54, 1.807) is 6.92 Å². The summed E-state index contributed by atoms with van der Waals surface area (Å²) in [7, 11) is 1.34. The van der Waals surface area contributed by atoms with Crippen LogP contribution in [0.1, 0.15) is 16.2 Å². The standard InChI is InChI=1S/C6H7IN2O2/c1-3-4(5(10)11-2)9-6(7)8-3/h1-2H3,(H,8,9). The molecule has 1 rings (SSSR count). The van der Waals surface area contributed by atoms with Crippen molar-refractivity contribution in [3.05, 3.63) is 15.2 Å². The fourth-order valence-corrected chi connectivity index (χ4v) is 1.37. The van der Waals surface area contributed by atoms with Crippen LogP contribution in [0.15, 0.2) is 0 Å². The van der Waals surface area contributed by atoms with Gasteiger partial charge in [0.05, 0.1) is 7.11 Å². The molecule has 0 unspecified atom stereocenters. The number of ether oxygens (including phenoxy) is 1. The smallest absolute Gasteiger partial charge is 0.358 e. The first-order valence-corrected chi connectivity index (χ1v) is 4.03. The average Bonchev–Trinajstić information content (AvgIpc) is 2.28. The van der Waals surface area contributed by atoms with Gasteiger partial charge in [0, 0.05) is 5.69 Å². The van der Waals surface area contributed by atoms with Gasteiger partial charge in [0.15, 0.2) is 9.53 Å². The van der Waals surface area contributed by atoms with Crippen molar-refractivity contribution < 1.29 is 9.53 Å². The van der Waals surface area contributed by atoms with Crippen molar-refractivity contribution in [3.8, 4) is 0 Å². The van der Waals surface area contributed by atoms with E-state index in [0.717, 1.165) is 5.69 Å². The van der Waals surface area contributed by atoms with Gasteiger partial charge in [-0.15, -0.1) is 0 Å². The van der Waals surface area contributed by atoms with E-state index >= 15 is 0 Å².